The molecule has 1 heterocycles. The number of amides is 1. The van der Waals surface area contributed by atoms with Crippen molar-refractivity contribution >= 4 is 23.5 Å². The molecule has 2 aromatic carbocycles. The molecular formula is C24H30ClN3O2. The maximum Gasteiger partial charge on any atom is 0.291 e. The van der Waals surface area contributed by atoms with Gasteiger partial charge >= 0.3 is 0 Å². The highest BCUT2D eigenvalue weighted by Crippen LogP contribution is 2.11. The van der Waals surface area contributed by atoms with Gasteiger partial charge in [-0.1, -0.05) is 54.1 Å². The second kappa shape index (κ2) is 12.4. The van der Waals surface area contributed by atoms with E-state index in [1.807, 2.05) is 54.6 Å². The van der Waals surface area contributed by atoms with Gasteiger partial charge in [0, 0.05) is 18.0 Å². The Bertz CT molecular complexity index is 803. The third-order valence-corrected chi connectivity index (χ3v) is 5.36. The molecule has 1 amide bonds. The average Bonchev–Trinajstić information content (AvgIpc) is 3.29. The Kier molecular flexibility index (Phi) is 9.19. The van der Waals surface area contributed by atoms with Crippen LogP contribution in [0, 0.1) is 0 Å². The van der Waals surface area contributed by atoms with Crippen molar-refractivity contribution in [3.05, 3.63) is 70.7 Å². The number of carbonyl (C=O) groups excluding carboxylic acids is 1. The van der Waals surface area contributed by atoms with Gasteiger partial charge in [-0.05, 0) is 62.0 Å². The van der Waals surface area contributed by atoms with E-state index in [-0.39, 0.29) is 5.91 Å². The number of halogens is 1. The van der Waals surface area contributed by atoms with E-state index in [0.29, 0.717) is 37.0 Å². The zero-order chi connectivity index (χ0) is 21.0. The predicted molar refractivity (Wildman–Crippen MR) is 122 cm³/mol. The molecule has 0 spiro atoms. The van der Waals surface area contributed by atoms with Crippen LogP contribution in [0.2, 0.25) is 5.02 Å². The van der Waals surface area contributed by atoms with Gasteiger partial charge in [-0.25, -0.2) is 4.99 Å². The summed E-state index contributed by atoms with van der Waals surface area (Å²) in [6, 6.07) is 17.8. The van der Waals surface area contributed by atoms with Gasteiger partial charge in [0.1, 0.15) is 0 Å². The monoisotopic (exact) mass is 427 g/mol. The number of nitrogens with one attached hydrogen (secondary N) is 1. The second-order valence-corrected chi connectivity index (χ2v) is 7.97. The molecule has 6 heteroatoms. The summed E-state index contributed by atoms with van der Waals surface area (Å²) in [4.78, 5) is 19.4. The van der Waals surface area contributed by atoms with E-state index in [1.54, 1.807) is 0 Å². The summed E-state index contributed by atoms with van der Waals surface area (Å²) in [5.41, 5.74) is 2.15. The number of benzene rings is 2. The summed E-state index contributed by atoms with van der Waals surface area (Å²) < 4.78 is 5.84. The van der Waals surface area contributed by atoms with E-state index >= 15 is 0 Å². The van der Waals surface area contributed by atoms with E-state index in [9.17, 15) is 4.79 Å². The van der Waals surface area contributed by atoms with Crippen LogP contribution in [-0.2, 0) is 22.5 Å². The SMILES string of the molecule is O=C(CCc1ccccc1)NC(=NCc1ccc(Cl)cc1)OCCCN1CCCC1. The van der Waals surface area contributed by atoms with Gasteiger partial charge in [-0.2, -0.15) is 0 Å². The van der Waals surface area contributed by atoms with Gasteiger partial charge in [0.2, 0.25) is 5.91 Å². The second-order valence-electron chi connectivity index (χ2n) is 7.53. The minimum atomic E-state index is -0.0896. The van der Waals surface area contributed by atoms with E-state index in [0.717, 1.165) is 24.1 Å². The van der Waals surface area contributed by atoms with Gasteiger partial charge in [0.25, 0.3) is 6.02 Å². The number of nitrogens with zero attached hydrogens (tertiary/aromatic N) is 2. The molecule has 0 aliphatic carbocycles. The van der Waals surface area contributed by atoms with Crippen molar-refractivity contribution < 1.29 is 9.53 Å². The van der Waals surface area contributed by atoms with Crippen molar-refractivity contribution in [1.82, 2.24) is 10.2 Å². The molecule has 3 rings (SSSR count). The molecule has 1 N–H and O–H groups in total. The van der Waals surface area contributed by atoms with Crippen LogP contribution in [0.25, 0.3) is 0 Å². The largest absolute Gasteiger partial charge is 0.465 e. The van der Waals surface area contributed by atoms with E-state index in [1.165, 1.54) is 25.9 Å². The number of hydrogen-bond donors (Lipinski definition) is 1. The number of hydrogen-bond acceptors (Lipinski definition) is 4. The Morgan fingerprint density at radius 3 is 2.50 bits per heavy atom. The molecule has 0 atom stereocenters. The molecule has 0 radical (unpaired) electrons. The number of ether oxygens (including phenoxy) is 1. The van der Waals surface area contributed by atoms with E-state index < -0.39 is 0 Å². The van der Waals surface area contributed by atoms with Gasteiger partial charge in [-0.15, -0.1) is 0 Å². The average molecular weight is 428 g/mol. The lowest BCUT2D eigenvalue weighted by molar-refractivity contribution is -0.120. The van der Waals surface area contributed by atoms with Crippen molar-refractivity contribution in [3.63, 3.8) is 0 Å². The smallest absolute Gasteiger partial charge is 0.291 e. The van der Waals surface area contributed by atoms with Crippen LogP contribution in [0.4, 0.5) is 0 Å². The minimum Gasteiger partial charge on any atom is -0.465 e. The Hall–Kier alpha value is -2.37. The lowest BCUT2D eigenvalue weighted by Crippen LogP contribution is -2.33. The molecule has 1 fully saturated rings. The summed E-state index contributed by atoms with van der Waals surface area (Å²) in [5.74, 6) is -0.0896. The van der Waals surface area contributed by atoms with Gasteiger partial charge in [0.15, 0.2) is 0 Å². The maximum absolute atomic E-state index is 12.4. The predicted octanol–water partition coefficient (Wildman–Crippen LogP) is 4.45. The molecule has 5 nitrogen and oxygen atoms in total. The molecule has 2 aromatic rings. The molecular weight excluding hydrogens is 398 g/mol. The third kappa shape index (κ3) is 8.17. The first-order valence-corrected chi connectivity index (χ1v) is 11.0. The fourth-order valence-corrected chi connectivity index (χ4v) is 3.55. The first kappa shape index (κ1) is 22.3. The van der Waals surface area contributed by atoms with E-state index in [4.69, 9.17) is 16.3 Å². The number of carbonyl (C=O) groups is 1. The molecule has 0 bridgehead atoms. The van der Waals surface area contributed by atoms with Crippen molar-refractivity contribution in [1.29, 1.82) is 0 Å². The number of rotatable bonds is 9. The minimum absolute atomic E-state index is 0.0896. The molecule has 0 saturated carbocycles. The quantitative estimate of drug-likeness (QED) is 0.365. The Morgan fingerprint density at radius 2 is 1.77 bits per heavy atom. The van der Waals surface area contributed by atoms with Crippen molar-refractivity contribution in [2.45, 2.75) is 38.6 Å². The van der Waals surface area contributed by atoms with Gasteiger partial charge < -0.3 is 9.64 Å². The number of aliphatic imine (C=N–C) groups is 1. The number of aryl methyl sites for hydroxylation is 1. The van der Waals surface area contributed by atoms with Crippen LogP contribution < -0.4 is 5.32 Å². The highest BCUT2D eigenvalue weighted by molar-refractivity contribution is 6.30. The Morgan fingerprint density at radius 1 is 1.03 bits per heavy atom. The highest BCUT2D eigenvalue weighted by atomic mass is 35.5. The molecule has 1 aliphatic rings. The van der Waals surface area contributed by atoms with Crippen LogP contribution in [0.5, 0.6) is 0 Å². The fraction of sp³-hybridized carbons (Fsp3) is 0.417. The van der Waals surface area contributed by atoms with Gasteiger partial charge in [-0.3, -0.25) is 10.1 Å². The first-order chi connectivity index (χ1) is 14.7. The standard InChI is InChI=1S/C24H30ClN3O2/c25-22-12-9-21(10-13-22)19-26-24(30-18-6-17-28-15-4-5-16-28)27-23(29)14-11-20-7-2-1-3-8-20/h1-3,7-10,12-13H,4-6,11,14-19H2,(H,26,27,29). The summed E-state index contributed by atoms with van der Waals surface area (Å²) >= 11 is 5.95. The number of likely N-dealkylation sites (tertiary alicyclic amines) is 1. The van der Waals surface area contributed by atoms with Crippen molar-refractivity contribution in [2.75, 3.05) is 26.2 Å². The number of amidine groups is 1. The molecule has 30 heavy (non-hydrogen) atoms. The van der Waals surface area contributed by atoms with Gasteiger partial charge in [0.05, 0.1) is 13.2 Å². The van der Waals surface area contributed by atoms with Crippen LogP contribution in [0.15, 0.2) is 59.6 Å². The molecule has 160 valence electrons. The van der Waals surface area contributed by atoms with Crippen molar-refractivity contribution in [3.8, 4) is 0 Å². The fourth-order valence-electron chi connectivity index (χ4n) is 3.42. The van der Waals surface area contributed by atoms with Crippen LogP contribution in [0.3, 0.4) is 0 Å². The topological polar surface area (TPSA) is 53.9 Å². The molecule has 0 unspecified atom stereocenters. The summed E-state index contributed by atoms with van der Waals surface area (Å²) in [6.45, 7) is 4.33. The first-order valence-electron chi connectivity index (χ1n) is 10.7. The van der Waals surface area contributed by atoms with Crippen LogP contribution in [0.1, 0.15) is 36.8 Å². The van der Waals surface area contributed by atoms with Crippen LogP contribution >= 0.6 is 11.6 Å². The Labute approximate surface area is 184 Å². The Balaban J connectivity index is 1.50. The van der Waals surface area contributed by atoms with Crippen LogP contribution in [-0.4, -0.2) is 43.1 Å². The zero-order valence-corrected chi connectivity index (χ0v) is 18.1. The lowest BCUT2D eigenvalue weighted by Gasteiger charge is -2.15. The van der Waals surface area contributed by atoms with Crippen molar-refractivity contribution in [2.24, 2.45) is 4.99 Å². The third-order valence-electron chi connectivity index (χ3n) is 5.10. The molecule has 0 aromatic heterocycles. The lowest BCUT2D eigenvalue weighted by atomic mass is 10.1. The molecule has 1 saturated heterocycles. The zero-order valence-electron chi connectivity index (χ0n) is 17.4. The summed E-state index contributed by atoms with van der Waals surface area (Å²) in [6.07, 6.45) is 4.56. The molecule has 1 aliphatic heterocycles. The maximum atomic E-state index is 12.4. The highest BCUT2D eigenvalue weighted by Gasteiger charge is 2.12. The van der Waals surface area contributed by atoms with E-state index in [2.05, 4.69) is 15.2 Å². The summed E-state index contributed by atoms with van der Waals surface area (Å²) in [7, 11) is 0. The summed E-state index contributed by atoms with van der Waals surface area (Å²) in [5, 5.41) is 3.54. The normalized spacial score (nSPS) is 14.6.